The summed E-state index contributed by atoms with van der Waals surface area (Å²) in [5.41, 5.74) is 3.83. The minimum atomic E-state index is -0.789. The topological polar surface area (TPSA) is 141 Å². The minimum Gasteiger partial charge on any atom is -0.508 e. The lowest BCUT2D eigenvalue weighted by Crippen LogP contribution is -2.44. The van der Waals surface area contributed by atoms with Crippen LogP contribution in [0.3, 0.4) is 0 Å². The Labute approximate surface area is 271 Å². The quantitative estimate of drug-likeness (QED) is 0.148. The lowest BCUT2D eigenvalue weighted by Gasteiger charge is -2.42. The Morgan fingerprint density at radius 1 is 0.957 bits per heavy atom. The number of ether oxygens (including phenoxy) is 2. The zero-order chi connectivity index (χ0) is 33.1. The predicted molar refractivity (Wildman–Crippen MR) is 176 cm³/mol. The van der Waals surface area contributed by atoms with Gasteiger partial charge in [0.1, 0.15) is 5.75 Å². The SMILES string of the molecule is CC(=O)NCCCCCC(=O)Nc1cccc([C@H]2O[C@@H](CN(C)C[C@@H](O)c3cccc(O)c3)[C@@H](C)[C@@H](c3ccc(CO)cc3)O2)c1. The highest BCUT2D eigenvalue weighted by atomic mass is 16.7. The Balaban J connectivity index is 1.45. The molecule has 5 atom stereocenters. The standard InChI is InChI=1S/C36H47N3O7/c1-24-33(22-39(3)21-32(43)28-9-8-12-31(42)20-28)45-36(46-35(24)27-16-14-26(23-40)15-17-27)29-10-7-11-30(19-29)38-34(44)13-5-4-6-18-37-25(2)41/h7-12,14-17,19-20,24,32-33,35-36,40,42-43H,4-6,13,18,21-23H2,1-3H3,(H,37,41)(H,38,44)/t24-,32-,33+,35+,36+/m1/s1. The van der Waals surface area contributed by atoms with Gasteiger partial charge < -0.3 is 40.3 Å². The Morgan fingerprint density at radius 2 is 1.72 bits per heavy atom. The molecule has 1 heterocycles. The van der Waals surface area contributed by atoms with Crippen LogP contribution >= 0.6 is 0 Å². The fourth-order valence-corrected chi connectivity index (χ4v) is 5.68. The number of aliphatic hydroxyl groups is 2. The summed E-state index contributed by atoms with van der Waals surface area (Å²) in [5, 5.41) is 36.0. The minimum absolute atomic E-state index is 0.0440. The van der Waals surface area contributed by atoms with Crippen molar-refractivity contribution >= 4 is 17.5 Å². The van der Waals surface area contributed by atoms with Gasteiger partial charge in [0.2, 0.25) is 11.8 Å². The van der Waals surface area contributed by atoms with Gasteiger partial charge in [-0.1, -0.05) is 61.9 Å². The smallest absolute Gasteiger partial charge is 0.224 e. The first-order valence-electron chi connectivity index (χ1n) is 15.9. The molecule has 5 N–H and O–H groups in total. The molecule has 10 heteroatoms. The van der Waals surface area contributed by atoms with Gasteiger partial charge in [-0.15, -0.1) is 0 Å². The number of amides is 2. The van der Waals surface area contributed by atoms with Gasteiger partial charge in [-0.05, 0) is 60.8 Å². The summed E-state index contributed by atoms with van der Waals surface area (Å²) >= 11 is 0. The number of carbonyl (C=O) groups excluding carboxylic acids is 2. The third-order valence-corrected chi connectivity index (χ3v) is 8.25. The van der Waals surface area contributed by atoms with Gasteiger partial charge >= 0.3 is 0 Å². The second kappa shape index (κ2) is 17.2. The van der Waals surface area contributed by atoms with Crippen molar-refractivity contribution in [2.45, 2.75) is 70.7 Å². The number of phenols is 1. The van der Waals surface area contributed by atoms with E-state index in [4.69, 9.17) is 9.47 Å². The number of rotatable bonds is 15. The van der Waals surface area contributed by atoms with Crippen molar-refractivity contribution in [2.24, 2.45) is 5.92 Å². The lowest BCUT2D eigenvalue weighted by atomic mass is 9.90. The number of nitrogens with zero attached hydrogens (tertiary/aromatic N) is 1. The van der Waals surface area contributed by atoms with Gasteiger partial charge in [0.15, 0.2) is 6.29 Å². The molecule has 1 fully saturated rings. The second-order valence-electron chi connectivity index (χ2n) is 12.1. The van der Waals surface area contributed by atoms with E-state index in [1.54, 1.807) is 24.3 Å². The molecule has 46 heavy (non-hydrogen) atoms. The van der Waals surface area contributed by atoms with Crippen LogP contribution in [0.5, 0.6) is 5.75 Å². The number of nitrogens with one attached hydrogen (secondary N) is 2. The molecule has 0 radical (unpaired) electrons. The number of anilines is 1. The van der Waals surface area contributed by atoms with E-state index in [1.165, 1.54) is 6.92 Å². The molecule has 0 unspecified atom stereocenters. The Morgan fingerprint density at radius 3 is 2.43 bits per heavy atom. The number of aromatic hydroxyl groups is 1. The van der Waals surface area contributed by atoms with Crippen LogP contribution in [0.25, 0.3) is 0 Å². The second-order valence-corrected chi connectivity index (χ2v) is 12.1. The molecular formula is C36H47N3O7. The largest absolute Gasteiger partial charge is 0.508 e. The van der Waals surface area contributed by atoms with E-state index in [2.05, 4.69) is 17.6 Å². The average Bonchev–Trinajstić information content (AvgIpc) is 3.03. The fourth-order valence-electron chi connectivity index (χ4n) is 5.68. The summed E-state index contributed by atoms with van der Waals surface area (Å²) in [6.07, 6.45) is 0.705. The van der Waals surface area contributed by atoms with Crippen LogP contribution in [0.15, 0.2) is 72.8 Å². The van der Waals surface area contributed by atoms with Crippen molar-refractivity contribution in [3.05, 3.63) is 95.1 Å². The van der Waals surface area contributed by atoms with Crippen molar-refractivity contribution in [3.8, 4) is 5.75 Å². The maximum atomic E-state index is 12.7. The Hall–Kier alpha value is -3.80. The maximum Gasteiger partial charge on any atom is 0.224 e. The van der Waals surface area contributed by atoms with Crippen LogP contribution in [-0.4, -0.2) is 64.8 Å². The van der Waals surface area contributed by atoms with Crippen LogP contribution in [-0.2, 0) is 25.7 Å². The summed E-state index contributed by atoms with van der Waals surface area (Å²) in [5.74, 6) is -0.0748. The molecule has 2 amide bonds. The highest BCUT2D eigenvalue weighted by molar-refractivity contribution is 5.90. The number of phenolic OH excluding ortho intramolecular Hbond substituents is 1. The molecule has 0 aliphatic carbocycles. The summed E-state index contributed by atoms with van der Waals surface area (Å²) < 4.78 is 13.1. The van der Waals surface area contributed by atoms with E-state index < -0.39 is 12.4 Å². The molecule has 3 aromatic carbocycles. The molecule has 1 aliphatic rings. The number of benzene rings is 3. The van der Waals surface area contributed by atoms with E-state index in [0.717, 1.165) is 36.0 Å². The summed E-state index contributed by atoms with van der Waals surface area (Å²) in [6.45, 7) is 4.99. The fraction of sp³-hybridized carbons (Fsp3) is 0.444. The van der Waals surface area contributed by atoms with E-state index in [1.807, 2.05) is 60.5 Å². The third-order valence-electron chi connectivity index (χ3n) is 8.25. The molecule has 0 saturated carbocycles. The third kappa shape index (κ3) is 10.4. The van der Waals surface area contributed by atoms with E-state index in [0.29, 0.717) is 37.3 Å². The first-order chi connectivity index (χ1) is 22.1. The van der Waals surface area contributed by atoms with Crippen LogP contribution in [0.1, 0.15) is 80.3 Å². The van der Waals surface area contributed by atoms with Crippen molar-refractivity contribution in [2.75, 3.05) is 32.0 Å². The number of unbranched alkanes of at least 4 members (excludes halogenated alkanes) is 2. The Bertz CT molecular complexity index is 1420. The number of aliphatic hydroxyl groups excluding tert-OH is 2. The maximum absolute atomic E-state index is 12.7. The summed E-state index contributed by atoms with van der Waals surface area (Å²) in [4.78, 5) is 25.7. The molecular weight excluding hydrogens is 586 g/mol. The molecule has 10 nitrogen and oxygen atoms in total. The molecule has 0 spiro atoms. The van der Waals surface area contributed by atoms with Gasteiger partial charge in [0.05, 0.1) is 24.9 Å². The van der Waals surface area contributed by atoms with E-state index >= 15 is 0 Å². The van der Waals surface area contributed by atoms with Gasteiger partial charge in [-0.25, -0.2) is 0 Å². The monoisotopic (exact) mass is 633 g/mol. The molecule has 0 bridgehead atoms. The van der Waals surface area contributed by atoms with Gasteiger partial charge in [0.25, 0.3) is 0 Å². The van der Waals surface area contributed by atoms with E-state index in [9.17, 15) is 24.9 Å². The summed E-state index contributed by atoms with van der Waals surface area (Å²) in [6, 6.07) is 21.8. The molecule has 1 saturated heterocycles. The normalized spacial score (nSPS) is 20.3. The number of hydrogen-bond acceptors (Lipinski definition) is 8. The summed E-state index contributed by atoms with van der Waals surface area (Å²) in [7, 11) is 1.92. The molecule has 248 valence electrons. The molecule has 1 aliphatic heterocycles. The van der Waals surface area contributed by atoms with Gasteiger partial charge in [-0.2, -0.15) is 0 Å². The zero-order valence-electron chi connectivity index (χ0n) is 26.9. The van der Waals surface area contributed by atoms with Gasteiger partial charge in [-0.3, -0.25) is 9.59 Å². The highest BCUT2D eigenvalue weighted by Gasteiger charge is 2.39. The first-order valence-corrected chi connectivity index (χ1v) is 15.9. The average molecular weight is 634 g/mol. The van der Waals surface area contributed by atoms with Crippen LogP contribution in [0, 0.1) is 5.92 Å². The van der Waals surface area contributed by atoms with Crippen molar-refractivity contribution in [1.82, 2.24) is 10.2 Å². The zero-order valence-corrected chi connectivity index (χ0v) is 26.9. The van der Waals surface area contributed by atoms with Crippen LogP contribution in [0.2, 0.25) is 0 Å². The van der Waals surface area contributed by atoms with Crippen molar-refractivity contribution < 1.29 is 34.4 Å². The highest BCUT2D eigenvalue weighted by Crippen LogP contribution is 2.42. The van der Waals surface area contributed by atoms with Crippen LogP contribution in [0.4, 0.5) is 5.69 Å². The lowest BCUT2D eigenvalue weighted by molar-refractivity contribution is -0.276. The predicted octanol–water partition coefficient (Wildman–Crippen LogP) is 4.98. The molecule has 4 rings (SSSR count). The Kier molecular flexibility index (Phi) is 13.1. The number of hydrogen-bond donors (Lipinski definition) is 5. The number of likely N-dealkylation sites (N-methyl/N-ethyl adjacent to an activating group) is 1. The van der Waals surface area contributed by atoms with E-state index in [-0.39, 0.29) is 42.3 Å². The molecule has 0 aromatic heterocycles. The van der Waals surface area contributed by atoms with Crippen molar-refractivity contribution in [1.29, 1.82) is 0 Å². The van der Waals surface area contributed by atoms with Crippen molar-refractivity contribution in [3.63, 3.8) is 0 Å². The molecule has 3 aromatic rings. The number of carbonyl (C=O) groups is 2. The van der Waals surface area contributed by atoms with Gasteiger partial charge in [0, 0.05) is 50.1 Å². The first kappa shape index (κ1) is 35.1. The van der Waals surface area contributed by atoms with Crippen LogP contribution < -0.4 is 10.6 Å².